The highest BCUT2D eigenvalue weighted by Crippen LogP contribution is 2.53. The van der Waals surface area contributed by atoms with Crippen molar-refractivity contribution < 1.29 is 9.18 Å². The number of carbonyl (C=O) groups is 1. The molecule has 1 heterocycles. The Morgan fingerprint density at radius 2 is 1.76 bits per heavy atom. The van der Waals surface area contributed by atoms with Crippen LogP contribution < -0.4 is 0 Å². The van der Waals surface area contributed by atoms with Crippen LogP contribution >= 0.6 is 11.6 Å². The van der Waals surface area contributed by atoms with E-state index in [0.717, 1.165) is 24.1 Å². The quantitative estimate of drug-likeness (QED) is 0.478. The Labute approximate surface area is 174 Å². The molecule has 3 aromatic carbocycles. The molecule has 0 N–H and O–H groups in total. The molecule has 5 rings (SSSR count). The van der Waals surface area contributed by atoms with E-state index in [0.29, 0.717) is 22.4 Å². The fourth-order valence-electron chi connectivity index (χ4n) is 5.08. The van der Waals surface area contributed by atoms with Gasteiger partial charge in [-0.1, -0.05) is 48.9 Å². The maximum absolute atomic E-state index is 13.3. The predicted molar refractivity (Wildman–Crippen MR) is 114 cm³/mol. The van der Waals surface area contributed by atoms with Crippen LogP contribution in [0.15, 0.2) is 66.7 Å². The minimum absolute atomic E-state index is 0.0304. The van der Waals surface area contributed by atoms with Gasteiger partial charge in [0, 0.05) is 17.1 Å². The lowest BCUT2D eigenvalue weighted by atomic mass is 9.85. The predicted octanol–water partition coefficient (Wildman–Crippen LogP) is 6.47. The number of amides is 1. The standard InChI is InChI=1S/C25H21ClFNO/c1-15-21-11-12-28(25(29)18-3-2-4-19(26)13-18)24(15)23-14-17(7-10-22(21)23)16-5-8-20(27)9-6-16/h2-10,13-15,21,24H,11-12H2,1H3/t15-,21?,24?/m0/s1. The molecule has 146 valence electrons. The molecular weight excluding hydrogens is 385 g/mol. The van der Waals surface area contributed by atoms with Crippen LogP contribution in [0.1, 0.15) is 46.8 Å². The third-order valence-corrected chi connectivity index (χ3v) is 6.70. The molecule has 3 atom stereocenters. The zero-order valence-corrected chi connectivity index (χ0v) is 16.9. The summed E-state index contributed by atoms with van der Waals surface area (Å²) in [6, 6.07) is 20.3. The Morgan fingerprint density at radius 3 is 2.52 bits per heavy atom. The number of nitrogens with zero attached hydrogens (tertiary/aromatic N) is 1. The molecular formula is C25H21ClFNO. The second-order valence-corrected chi connectivity index (χ2v) is 8.50. The van der Waals surface area contributed by atoms with Crippen molar-refractivity contribution in [2.75, 3.05) is 6.54 Å². The zero-order valence-electron chi connectivity index (χ0n) is 16.1. The third kappa shape index (κ3) is 3.05. The zero-order chi connectivity index (χ0) is 20.1. The summed E-state index contributed by atoms with van der Waals surface area (Å²) in [5.74, 6) is 0.631. The SMILES string of the molecule is C[C@H]1C2CCN(C(=O)c3cccc(Cl)c3)C1c1cc(-c3ccc(F)cc3)ccc12. The smallest absolute Gasteiger partial charge is 0.254 e. The van der Waals surface area contributed by atoms with Crippen molar-refractivity contribution >= 4 is 17.5 Å². The largest absolute Gasteiger partial charge is 0.331 e. The summed E-state index contributed by atoms with van der Waals surface area (Å²) in [5.41, 5.74) is 5.23. The number of halogens is 2. The van der Waals surface area contributed by atoms with Crippen LogP contribution in [-0.2, 0) is 0 Å². The van der Waals surface area contributed by atoms with E-state index in [1.165, 1.54) is 23.3 Å². The van der Waals surface area contributed by atoms with E-state index < -0.39 is 0 Å². The van der Waals surface area contributed by atoms with Gasteiger partial charge in [0.25, 0.3) is 5.91 Å². The van der Waals surface area contributed by atoms with Crippen LogP contribution in [0, 0.1) is 11.7 Å². The summed E-state index contributed by atoms with van der Waals surface area (Å²) in [4.78, 5) is 15.3. The van der Waals surface area contributed by atoms with Gasteiger partial charge >= 0.3 is 0 Å². The molecule has 2 aliphatic rings. The van der Waals surface area contributed by atoms with Crippen molar-refractivity contribution in [2.45, 2.75) is 25.3 Å². The molecule has 3 aromatic rings. The fourth-order valence-corrected chi connectivity index (χ4v) is 5.27. The topological polar surface area (TPSA) is 20.3 Å². The highest BCUT2D eigenvalue weighted by Gasteiger charge is 2.46. The Morgan fingerprint density at radius 1 is 1.00 bits per heavy atom. The van der Waals surface area contributed by atoms with Crippen molar-refractivity contribution in [1.29, 1.82) is 0 Å². The van der Waals surface area contributed by atoms with Crippen LogP contribution in [0.25, 0.3) is 11.1 Å². The van der Waals surface area contributed by atoms with Gasteiger partial charge in [0.1, 0.15) is 5.82 Å². The van der Waals surface area contributed by atoms with Gasteiger partial charge in [-0.25, -0.2) is 4.39 Å². The summed E-state index contributed by atoms with van der Waals surface area (Å²) in [5, 5.41) is 0.573. The first-order valence-electron chi connectivity index (χ1n) is 9.99. The van der Waals surface area contributed by atoms with Gasteiger partial charge in [0.2, 0.25) is 0 Å². The first-order chi connectivity index (χ1) is 14.0. The van der Waals surface area contributed by atoms with Gasteiger partial charge in [-0.15, -0.1) is 0 Å². The van der Waals surface area contributed by atoms with E-state index in [-0.39, 0.29) is 17.8 Å². The molecule has 2 unspecified atom stereocenters. The maximum atomic E-state index is 13.3. The van der Waals surface area contributed by atoms with E-state index in [9.17, 15) is 9.18 Å². The summed E-state index contributed by atoms with van der Waals surface area (Å²) in [6.07, 6.45) is 0.965. The first kappa shape index (κ1) is 18.4. The number of carbonyl (C=O) groups excluding carboxylic acids is 1. The highest BCUT2D eigenvalue weighted by molar-refractivity contribution is 6.30. The van der Waals surface area contributed by atoms with E-state index in [2.05, 4.69) is 25.1 Å². The lowest BCUT2D eigenvalue weighted by Gasteiger charge is -2.38. The number of likely N-dealkylation sites (tertiary alicyclic amines) is 1. The van der Waals surface area contributed by atoms with E-state index in [1.54, 1.807) is 24.3 Å². The number of benzene rings is 3. The van der Waals surface area contributed by atoms with Gasteiger partial charge in [0.05, 0.1) is 6.04 Å². The monoisotopic (exact) mass is 405 g/mol. The molecule has 0 saturated carbocycles. The minimum atomic E-state index is -0.238. The van der Waals surface area contributed by atoms with Crippen molar-refractivity contribution in [3.8, 4) is 11.1 Å². The number of hydrogen-bond acceptors (Lipinski definition) is 1. The Kier molecular flexibility index (Phi) is 4.44. The molecule has 1 amide bonds. The van der Waals surface area contributed by atoms with Crippen molar-refractivity contribution in [3.05, 3.63) is 94.3 Å². The molecule has 1 fully saturated rings. The normalized spacial score (nSPS) is 22.4. The van der Waals surface area contributed by atoms with Crippen LogP contribution in [0.3, 0.4) is 0 Å². The molecule has 2 nitrogen and oxygen atoms in total. The summed E-state index contributed by atoms with van der Waals surface area (Å²) >= 11 is 6.12. The minimum Gasteiger partial charge on any atom is -0.331 e. The first-order valence-corrected chi connectivity index (χ1v) is 10.4. The molecule has 29 heavy (non-hydrogen) atoms. The summed E-state index contributed by atoms with van der Waals surface area (Å²) in [7, 11) is 0. The maximum Gasteiger partial charge on any atom is 0.254 e. The molecule has 4 heteroatoms. The van der Waals surface area contributed by atoms with Gasteiger partial charge in [-0.3, -0.25) is 4.79 Å². The van der Waals surface area contributed by atoms with Crippen LogP contribution in [-0.4, -0.2) is 17.4 Å². The van der Waals surface area contributed by atoms with E-state index in [4.69, 9.17) is 11.6 Å². The molecule has 2 bridgehead atoms. The molecule has 1 saturated heterocycles. The highest BCUT2D eigenvalue weighted by atomic mass is 35.5. The number of hydrogen-bond donors (Lipinski definition) is 0. The average Bonchev–Trinajstić information content (AvgIpc) is 2.89. The molecule has 0 spiro atoms. The third-order valence-electron chi connectivity index (χ3n) is 6.46. The molecule has 0 radical (unpaired) electrons. The Hall–Kier alpha value is -2.65. The van der Waals surface area contributed by atoms with E-state index >= 15 is 0 Å². The van der Waals surface area contributed by atoms with Crippen molar-refractivity contribution in [3.63, 3.8) is 0 Å². The van der Waals surface area contributed by atoms with Crippen LogP contribution in [0.2, 0.25) is 5.02 Å². The van der Waals surface area contributed by atoms with Crippen LogP contribution in [0.4, 0.5) is 4.39 Å². The number of fused-ring (bicyclic) bond motifs is 5. The average molecular weight is 406 g/mol. The summed E-state index contributed by atoms with van der Waals surface area (Å²) in [6.45, 7) is 2.98. The molecule has 1 aliphatic heterocycles. The second-order valence-electron chi connectivity index (χ2n) is 8.06. The second kappa shape index (κ2) is 7.00. The number of rotatable bonds is 2. The van der Waals surface area contributed by atoms with Gasteiger partial charge in [-0.2, -0.15) is 0 Å². The fraction of sp³-hybridized carbons (Fsp3) is 0.240. The molecule has 0 aromatic heterocycles. The Balaban J connectivity index is 1.55. The van der Waals surface area contributed by atoms with E-state index in [1.807, 2.05) is 17.0 Å². The van der Waals surface area contributed by atoms with Gasteiger partial charge < -0.3 is 4.90 Å². The van der Waals surface area contributed by atoms with Gasteiger partial charge in [-0.05, 0) is 76.9 Å². The van der Waals surface area contributed by atoms with Crippen molar-refractivity contribution in [2.24, 2.45) is 5.92 Å². The van der Waals surface area contributed by atoms with Crippen molar-refractivity contribution in [1.82, 2.24) is 4.90 Å². The number of piperidine rings is 1. The van der Waals surface area contributed by atoms with Gasteiger partial charge in [0.15, 0.2) is 0 Å². The lowest BCUT2D eigenvalue weighted by Crippen LogP contribution is -2.41. The lowest BCUT2D eigenvalue weighted by molar-refractivity contribution is 0.0524. The Bertz CT molecular complexity index is 1090. The molecule has 1 aliphatic carbocycles. The van der Waals surface area contributed by atoms with Crippen LogP contribution in [0.5, 0.6) is 0 Å². The summed E-state index contributed by atoms with van der Waals surface area (Å²) < 4.78 is 13.3.